The number of benzene rings is 1. The van der Waals surface area contributed by atoms with Crippen molar-refractivity contribution in [3.05, 3.63) is 36.0 Å². The molecule has 0 radical (unpaired) electrons. The normalized spacial score (nSPS) is 17.3. The van der Waals surface area contributed by atoms with Crippen molar-refractivity contribution in [1.29, 1.82) is 0 Å². The lowest BCUT2D eigenvalue weighted by Crippen LogP contribution is -2.30. The van der Waals surface area contributed by atoms with Gasteiger partial charge >= 0.3 is 0 Å². The Labute approximate surface area is 128 Å². The van der Waals surface area contributed by atoms with Crippen molar-refractivity contribution < 1.29 is 0 Å². The number of para-hydroxylation sites is 1. The summed E-state index contributed by atoms with van der Waals surface area (Å²) in [6, 6.07) is 8.76. The molecule has 3 heteroatoms. The molecule has 0 atom stereocenters. The van der Waals surface area contributed by atoms with E-state index in [4.69, 9.17) is 0 Å². The van der Waals surface area contributed by atoms with Crippen LogP contribution in [-0.4, -0.2) is 29.6 Å². The minimum absolute atomic E-state index is 0. The fourth-order valence-electron chi connectivity index (χ4n) is 3.34. The van der Waals surface area contributed by atoms with Gasteiger partial charge in [-0.25, -0.2) is 0 Å². The Bertz CT molecular complexity index is 553. The molecular weight excluding hydrogens is 268 g/mol. The van der Waals surface area contributed by atoms with E-state index in [1.165, 1.54) is 55.2 Å². The van der Waals surface area contributed by atoms with E-state index in [9.17, 15) is 0 Å². The third kappa shape index (κ3) is 3.18. The molecule has 2 heterocycles. The lowest BCUT2D eigenvalue weighted by atomic mass is 9.91. The summed E-state index contributed by atoms with van der Waals surface area (Å²) in [5.74, 6) is 0.926. The van der Waals surface area contributed by atoms with Crippen LogP contribution in [0.2, 0.25) is 0 Å². The van der Waals surface area contributed by atoms with Gasteiger partial charge in [-0.2, -0.15) is 0 Å². The highest BCUT2D eigenvalue weighted by Gasteiger charge is 2.17. The van der Waals surface area contributed by atoms with Crippen LogP contribution in [0.1, 0.15) is 24.8 Å². The maximum Gasteiger partial charge on any atom is 0.0480 e. The number of rotatable bonds is 3. The zero-order valence-corrected chi connectivity index (χ0v) is 13.3. The van der Waals surface area contributed by atoms with Crippen LogP contribution >= 0.6 is 12.4 Å². The van der Waals surface area contributed by atoms with Gasteiger partial charge in [-0.15, -0.1) is 12.4 Å². The molecule has 1 saturated heterocycles. The van der Waals surface area contributed by atoms with E-state index in [2.05, 4.69) is 54.0 Å². The van der Waals surface area contributed by atoms with Crippen LogP contribution in [0, 0.1) is 5.92 Å². The van der Waals surface area contributed by atoms with Crippen LogP contribution in [0.4, 0.5) is 0 Å². The van der Waals surface area contributed by atoms with Gasteiger partial charge in [0.25, 0.3) is 0 Å². The largest absolute Gasteiger partial charge is 0.350 e. The maximum absolute atomic E-state index is 2.45. The van der Waals surface area contributed by atoms with E-state index >= 15 is 0 Å². The van der Waals surface area contributed by atoms with Crippen molar-refractivity contribution in [2.75, 3.05) is 20.1 Å². The van der Waals surface area contributed by atoms with Crippen molar-refractivity contribution in [2.24, 2.45) is 13.0 Å². The molecule has 1 aromatic heterocycles. The quantitative estimate of drug-likeness (QED) is 0.833. The predicted molar refractivity (Wildman–Crippen MR) is 88.7 cm³/mol. The Hall–Kier alpha value is -0.990. The van der Waals surface area contributed by atoms with Crippen LogP contribution in [0.15, 0.2) is 30.5 Å². The van der Waals surface area contributed by atoms with E-state index < -0.39 is 0 Å². The van der Waals surface area contributed by atoms with Gasteiger partial charge in [-0.3, -0.25) is 0 Å². The standard InChI is InChI=1S/C17H24N2.ClH/c1-18-11-9-14(10-12-18)7-8-15-13-19(2)17-6-4-3-5-16(15)17;/h3-6,13-14H,7-12H2,1-2H3;1H. The van der Waals surface area contributed by atoms with Crippen LogP contribution in [0.3, 0.4) is 0 Å². The Morgan fingerprint density at radius 1 is 1.10 bits per heavy atom. The van der Waals surface area contributed by atoms with Crippen molar-refractivity contribution >= 4 is 23.3 Å². The highest BCUT2D eigenvalue weighted by molar-refractivity contribution is 5.85. The Morgan fingerprint density at radius 3 is 2.55 bits per heavy atom. The molecule has 1 fully saturated rings. The molecule has 1 aliphatic rings. The molecule has 3 rings (SSSR count). The third-order valence-corrected chi connectivity index (χ3v) is 4.64. The van der Waals surface area contributed by atoms with Gasteiger partial charge < -0.3 is 9.47 Å². The number of piperidine rings is 1. The Kier molecular flexibility index (Phi) is 5.11. The van der Waals surface area contributed by atoms with Gasteiger partial charge in [-0.05, 0) is 63.4 Å². The number of fused-ring (bicyclic) bond motifs is 1. The second-order valence-corrected chi connectivity index (χ2v) is 6.07. The first kappa shape index (κ1) is 15.4. The highest BCUT2D eigenvalue weighted by atomic mass is 35.5. The molecule has 2 aromatic rings. The smallest absolute Gasteiger partial charge is 0.0480 e. The summed E-state index contributed by atoms with van der Waals surface area (Å²) in [5, 5.41) is 1.44. The lowest BCUT2D eigenvalue weighted by molar-refractivity contribution is 0.212. The highest BCUT2D eigenvalue weighted by Crippen LogP contribution is 2.26. The van der Waals surface area contributed by atoms with Crippen LogP contribution in [0.25, 0.3) is 10.9 Å². The van der Waals surface area contributed by atoms with Crippen LogP contribution in [-0.2, 0) is 13.5 Å². The maximum atomic E-state index is 2.45. The summed E-state index contributed by atoms with van der Waals surface area (Å²) in [4.78, 5) is 2.45. The second-order valence-electron chi connectivity index (χ2n) is 6.07. The number of likely N-dealkylation sites (tertiary alicyclic amines) is 1. The topological polar surface area (TPSA) is 8.17 Å². The molecule has 2 nitrogen and oxygen atoms in total. The first-order valence-corrected chi connectivity index (χ1v) is 7.45. The molecule has 0 aliphatic carbocycles. The lowest BCUT2D eigenvalue weighted by Gasteiger charge is -2.28. The van der Waals surface area contributed by atoms with Crippen molar-refractivity contribution in [3.8, 4) is 0 Å². The minimum Gasteiger partial charge on any atom is -0.350 e. The molecule has 110 valence electrons. The molecule has 0 N–H and O–H groups in total. The number of aryl methyl sites for hydroxylation is 2. The monoisotopic (exact) mass is 292 g/mol. The van der Waals surface area contributed by atoms with Crippen molar-refractivity contribution in [3.63, 3.8) is 0 Å². The fourth-order valence-corrected chi connectivity index (χ4v) is 3.34. The first-order valence-electron chi connectivity index (χ1n) is 7.45. The van der Waals surface area contributed by atoms with Gasteiger partial charge in [-0.1, -0.05) is 18.2 Å². The van der Waals surface area contributed by atoms with E-state index in [1.807, 2.05) is 0 Å². The van der Waals surface area contributed by atoms with Gasteiger partial charge in [0.05, 0.1) is 0 Å². The average Bonchev–Trinajstić information content (AvgIpc) is 2.76. The Morgan fingerprint density at radius 2 is 1.80 bits per heavy atom. The molecule has 0 amide bonds. The van der Waals surface area contributed by atoms with E-state index in [1.54, 1.807) is 0 Å². The van der Waals surface area contributed by atoms with Crippen LogP contribution < -0.4 is 0 Å². The number of hydrogen-bond acceptors (Lipinski definition) is 1. The average molecular weight is 293 g/mol. The second kappa shape index (κ2) is 6.64. The minimum atomic E-state index is 0. The van der Waals surface area contributed by atoms with Crippen molar-refractivity contribution in [1.82, 2.24) is 9.47 Å². The third-order valence-electron chi connectivity index (χ3n) is 4.64. The summed E-state index contributed by atoms with van der Waals surface area (Å²) in [6.07, 6.45) is 7.65. The zero-order chi connectivity index (χ0) is 13.2. The summed E-state index contributed by atoms with van der Waals surface area (Å²) >= 11 is 0. The molecule has 0 bridgehead atoms. The van der Waals surface area contributed by atoms with Gasteiger partial charge in [0.1, 0.15) is 0 Å². The summed E-state index contributed by atoms with van der Waals surface area (Å²) in [7, 11) is 4.39. The molecule has 0 spiro atoms. The number of hydrogen-bond donors (Lipinski definition) is 0. The number of nitrogens with zero attached hydrogens (tertiary/aromatic N) is 2. The molecule has 1 aromatic carbocycles. The molecule has 0 saturated carbocycles. The van der Waals surface area contributed by atoms with E-state index in [0.717, 1.165) is 5.92 Å². The predicted octanol–water partition coefficient (Wildman–Crippen LogP) is 3.87. The van der Waals surface area contributed by atoms with E-state index in [0.29, 0.717) is 0 Å². The first-order chi connectivity index (χ1) is 9.24. The summed E-state index contributed by atoms with van der Waals surface area (Å²) in [5.41, 5.74) is 2.89. The molecule has 20 heavy (non-hydrogen) atoms. The number of aromatic nitrogens is 1. The summed E-state index contributed by atoms with van der Waals surface area (Å²) < 4.78 is 2.26. The SMILES string of the molecule is CN1CCC(CCc2cn(C)c3ccccc23)CC1.Cl. The molecule has 0 unspecified atom stereocenters. The fraction of sp³-hybridized carbons (Fsp3) is 0.529. The van der Waals surface area contributed by atoms with E-state index in [-0.39, 0.29) is 12.4 Å². The zero-order valence-electron chi connectivity index (χ0n) is 12.5. The summed E-state index contributed by atoms with van der Waals surface area (Å²) in [6.45, 7) is 2.56. The van der Waals surface area contributed by atoms with Gasteiger partial charge in [0, 0.05) is 24.1 Å². The number of halogens is 1. The van der Waals surface area contributed by atoms with Crippen LogP contribution in [0.5, 0.6) is 0 Å². The molecule has 1 aliphatic heterocycles. The molecular formula is C17H25ClN2. The van der Waals surface area contributed by atoms with Gasteiger partial charge in [0.15, 0.2) is 0 Å². The Balaban J connectivity index is 0.00000147. The van der Waals surface area contributed by atoms with Gasteiger partial charge in [0.2, 0.25) is 0 Å². The van der Waals surface area contributed by atoms with Crippen molar-refractivity contribution in [2.45, 2.75) is 25.7 Å².